The summed E-state index contributed by atoms with van der Waals surface area (Å²) in [5.41, 5.74) is 0.0783. The number of pyridine rings is 1. The van der Waals surface area contributed by atoms with Crippen LogP contribution in [-0.4, -0.2) is 36.0 Å². The Kier molecular flexibility index (Phi) is 6.88. The number of aromatic nitrogens is 1. The molecule has 0 unspecified atom stereocenters. The fourth-order valence-corrected chi connectivity index (χ4v) is 4.82. The molecule has 1 heterocycles. The average molecular weight is 570 g/mol. The van der Waals surface area contributed by atoms with Crippen LogP contribution in [0.1, 0.15) is 0 Å². The monoisotopic (exact) mass is 569 g/mol. The second-order valence-electron chi connectivity index (χ2n) is 7.17. The number of benzene rings is 3. The maximum Gasteiger partial charge on any atom is 0.295 e. The van der Waals surface area contributed by atoms with Gasteiger partial charge in [-0.05, 0) is 47.9 Å². The van der Waals surface area contributed by atoms with Gasteiger partial charge in [0, 0.05) is 17.6 Å². The highest BCUT2D eigenvalue weighted by Gasteiger charge is 2.20. The Bertz CT molecular complexity index is 1760. The highest BCUT2D eigenvalue weighted by atomic mass is 35.5. The third-order valence-electron chi connectivity index (χ3n) is 4.66. The van der Waals surface area contributed by atoms with Crippen LogP contribution in [0.5, 0.6) is 17.4 Å². The minimum Gasteiger partial charge on any atom is -0.506 e. The molecule has 0 spiro atoms. The molecular weight excluding hydrogens is 557 g/mol. The number of phenols is 1. The van der Waals surface area contributed by atoms with Crippen molar-refractivity contribution >= 4 is 65.6 Å². The fourth-order valence-electron chi connectivity index (χ4n) is 3.06. The van der Waals surface area contributed by atoms with Gasteiger partial charge < -0.3 is 9.84 Å². The number of halogens is 2. The van der Waals surface area contributed by atoms with Crippen LogP contribution in [0.4, 0.5) is 11.4 Å². The van der Waals surface area contributed by atoms with Crippen molar-refractivity contribution in [3.8, 4) is 17.4 Å². The minimum atomic E-state index is -4.87. The zero-order valence-electron chi connectivity index (χ0n) is 17.6. The molecule has 15 heteroatoms. The molecule has 0 radical (unpaired) electrons. The first-order chi connectivity index (χ1) is 16.8. The molecular formula is C21H13Cl2N3O8S2. The highest BCUT2D eigenvalue weighted by Crippen LogP contribution is 2.36. The SMILES string of the molecule is O=S(=O)(O)c1cc(S(=O)(=O)O)c2cc(N=Nc3cc(Oc4ncc(Cl)cc4Cl)ccc3O)ccc2c1. The predicted molar refractivity (Wildman–Crippen MR) is 130 cm³/mol. The molecule has 0 aliphatic heterocycles. The lowest BCUT2D eigenvalue weighted by atomic mass is 10.1. The molecule has 0 atom stereocenters. The number of hydrogen-bond acceptors (Lipinski definition) is 9. The first kappa shape index (κ1) is 25.8. The van der Waals surface area contributed by atoms with Crippen LogP contribution in [0.3, 0.4) is 0 Å². The Labute approximate surface area is 214 Å². The van der Waals surface area contributed by atoms with Crippen LogP contribution in [0, 0.1) is 0 Å². The van der Waals surface area contributed by atoms with E-state index in [1.807, 2.05) is 0 Å². The number of hydrogen-bond donors (Lipinski definition) is 3. The number of nitrogens with zero attached hydrogens (tertiary/aromatic N) is 3. The Morgan fingerprint density at radius 3 is 2.28 bits per heavy atom. The quantitative estimate of drug-likeness (QED) is 0.187. The average Bonchev–Trinajstić information content (AvgIpc) is 2.79. The van der Waals surface area contributed by atoms with E-state index in [1.165, 1.54) is 48.7 Å². The van der Waals surface area contributed by atoms with Crippen molar-refractivity contribution in [2.75, 3.05) is 0 Å². The molecule has 0 saturated heterocycles. The van der Waals surface area contributed by atoms with Crippen molar-refractivity contribution in [1.29, 1.82) is 0 Å². The lowest BCUT2D eigenvalue weighted by Crippen LogP contribution is -2.04. The standard InChI is InChI=1S/C21H13Cl2N3O8S2/c22-12-6-17(23)21(24-10-12)34-14-3-4-19(27)18(8-14)26-25-13-2-1-11-5-15(35(28,29)30)9-20(16(11)7-13)36(31,32)33/h1-10,27H,(H,28,29,30)(H,31,32,33). The van der Waals surface area contributed by atoms with Gasteiger partial charge in [0.05, 0.1) is 15.6 Å². The van der Waals surface area contributed by atoms with Crippen molar-refractivity contribution in [2.45, 2.75) is 9.79 Å². The summed E-state index contributed by atoms with van der Waals surface area (Å²) >= 11 is 11.9. The van der Waals surface area contributed by atoms with E-state index < -0.39 is 30.0 Å². The van der Waals surface area contributed by atoms with Gasteiger partial charge in [0.1, 0.15) is 27.1 Å². The molecule has 1 aromatic heterocycles. The fraction of sp³-hybridized carbons (Fsp3) is 0. The molecule has 0 amide bonds. The smallest absolute Gasteiger partial charge is 0.295 e. The van der Waals surface area contributed by atoms with Crippen LogP contribution in [0.25, 0.3) is 10.8 Å². The number of rotatable bonds is 6. The van der Waals surface area contributed by atoms with Crippen LogP contribution >= 0.6 is 23.2 Å². The summed E-state index contributed by atoms with van der Waals surface area (Å²) in [5, 5.41) is 18.5. The summed E-state index contributed by atoms with van der Waals surface area (Å²) in [4.78, 5) is 2.50. The zero-order chi connectivity index (χ0) is 26.3. The van der Waals surface area contributed by atoms with Crippen LogP contribution in [0.2, 0.25) is 10.0 Å². The molecule has 3 N–H and O–H groups in total. The van der Waals surface area contributed by atoms with Gasteiger partial charge in [-0.1, -0.05) is 29.3 Å². The largest absolute Gasteiger partial charge is 0.506 e. The highest BCUT2D eigenvalue weighted by molar-refractivity contribution is 7.86. The van der Waals surface area contributed by atoms with Gasteiger partial charge in [0.15, 0.2) is 0 Å². The third-order valence-corrected chi connectivity index (χ3v) is 6.86. The molecule has 0 aliphatic rings. The predicted octanol–water partition coefficient (Wildman–Crippen LogP) is 5.95. The van der Waals surface area contributed by atoms with Crippen molar-refractivity contribution in [1.82, 2.24) is 4.98 Å². The summed E-state index contributed by atoms with van der Waals surface area (Å²) in [5.74, 6) is 0.0213. The van der Waals surface area contributed by atoms with Crippen molar-refractivity contribution in [2.24, 2.45) is 10.2 Å². The van der Waals surface area contributed by atoms with E-state index in [0.717, 1.165) is 6.07 Å². The summed E-state index contributed by atoms with van der Waals surface area (Å²) in [6, 6.07) is 11.1. The van der Waals surface area contributed by atoms with E-state index in [0.29, 0.717) is 11.1 Å². The number of fused-ring (bicyclic) bond motifs is 1. The first-order valence-electron chi connectivity index (χ1n) is 9.58. The number of azo groups is 1. The molecule has 0 bridgehead atoms. The number of ether oxygens (including phenoxy) is 1. The van der Waals surface area contributed by atoms with Crippen LogP contribution in [0.15, 0.2) is 80.8 Å². The van der Waals surface area contributed by atoms with E-state index in [4.69, 9.17) is 27.9 Å². The van der Waals surface area contributed by atoms with Gasteiger partial charge >= 0.3 is 0 Å². The normalized spacial score (nSPS) is 12.3. The van der Waals surface area contributed by atoms with Crippen LogP contribution in [-0.2, 0) is 20.2 Å². The Morgan fingerprint density at radius 2 is 1.61 bits per heavy atom. The topological polar surface area (TPSA) is 176 Å². The van der Waals surface area contributed by atoms with E-state index in [1.54, 1.807) is 0 Å². The Hall–Kier alpha value is -3.33. The second kappa shape index (κ2) is 9.61. The van der Waals surface area contributed by atoms with Gasteiger partial charge in [0.2, 0.25) is 5.88 Å². The molecule has 11 nitrogen and oxygen atoms in total. The van der Waals surface area contributed by atoms with Gasteiger partial charge in [-0.15, -0.1) is 5.11 Å². The summed E-state index contributed by atoms with van der Waals surface area (Å²) < 4.78 is 71.1. The summed E-state index contributed by atoms with van der Waals surface area (Å²) in [7, 11) is -9.62. The Morgan fingerprint density at radius 1 is 0.861 bits per heavy atom. The molecule has 4 aromatic rings. The minimum absolute atomic E-state index is 0.0191. The summed E-state index contributed by atoms with van der Waals surface area (Å²) in [6.45, 7) is 0. The summed E-state index contributed by atoms with van der Waals surface area (Å²) in [6.07, 6.45) is 1.34. The van der Waals surface area contributed by atoms with Gasteiger partial charge in [0.25, 0.3) is 20.2 Å². The third kappa shape index (κ3) is 5.73. The first-order valence-corrected chi connectivity index (χ1v) is 13.2. The van der Waals surface area contributed by atoms with Crippen molar-refractivity contribution < 1.29 is 35.8 Å². The van der Waals surface area contributed by atoms with E-state index >= 15 is 0 Å². The van der Waals surface area contributed by atoms with E-state index in [2.05, 4.69) is 15.2 Å². The molecule has 36 heavy (non-hydrogen) atoms. The second-order valence-corrected chi connectivity index (χ2v) is 10.8. The zero-order valence-corrected chi connectivity index (χ0v) is 20.7. The van der Waals surface area contributed by atoms with Gasteiger partial charge in [-0.2, -0.15) is 21.9 Å². The molecule has 3 aromatic carbocycles. The molecule has 0 aliphatic carbocycles. The van der Waals surface area contributed by atoms with E-state index in [9.17, 15) is 31.0 Å². The molecule has 0 fully saturated rings. The lowest BCUT2D eigenvalue weighted by molar-refractivity contribution is 0.455. The van der Waals surface area contributed by atoms with Gasteiger partial charge in [-0.3, -0.25) is 9.11 Å². The maximum atomic E-state index is 11.8. The maximum absolute atomic E-state index is 11.8. The Balaban J connectivity index is 1.71. The number of aromatic hydroxyl groups is 1. The van der Waals surface area contributed by atoms with Crippen molar-refractivity contribution in [3.63, 3.8) is 0 Å². The molecule has 186 valence electrons. The van der Waals surface area contributed by atoms with Crippen LogP contribution < -0.4 is 4.74 Å². The van der Waals surface area contributed by atoms with E-state index in [-0.39, 0.29) is 44.5 Å². The molecule has 0 saturated carbocycles. The molecule has 4 rings (SSSR count). The van der Waals surface area contributed by atoms with Crippen molar-refractivity contribution in [3.05, 3.63) is 70.8 Å². The lowest BCUT2D eigenvalue weighted by Gasteiger charge is -2.08. The number of phenolic OH excluding ortho intramolecular Hbond substituents is 1. The van der Waals surface area contributed by atoms with Gasteiger partial charge in [-0.25, -0.2) is 4.98 Å².